The van der Waals surface area contributed by atoms with Gasteiger partial charge in [-0.15, -0.1) is 0 Å². The molecule has 0 aromatic heterocycles. The summed E-state index contributed by atoms with van der Waals surface area (Å²) in [5, 5.41) is 12.6. The third-order valence-electron chi connectivity index (χ3n) is 4.08. The molecule has 1 aromatic rings. The number of aliphatic hydroxyl groups is 1. The second-order valence-electron chi connectivity index (χ2n) is 5.60. The highest BCUT2D eigenvalue weighted by atomic mass is 16.5. The van der Waals surface area contributed by atoms with Crippen molar-refractivity contribution in [3.63, 3.8) is 0 Å². The van der Waals surface area contributed by atoms with E-state index in [1.807, 2.05) is 0 Å². The van der Waals surface area contributed by atoms with Crippen molar-refractivity contribution < 1.29 is 9.84 Å². The summed E-state index contributed by atoms with van der Waals surface area (Å²) < 4.78 is 5.37. The summed E-state index contributed by atoms with van der Waals surface area (Å²) in [5.74, 6) is 0.280. The van der Waals surface area contributed by atoms with Crippen LogP contribution in [0.1, 0.15) is 19.4 Å². The number of aliphatic hydroxyl groups excluding tert-OH is 1. The highest BCUT2D eigenvalue weighted by Gasteiger charge is 2.12. The summed E-state index contributed by atoms with van der Waals surface area (Å²) in [4.78, 5) is 2.36. The van der Waals surface area contributed by atoms with Crippen molar-refractivity contribution in [1.82, 2.24) is 5.32 Å². The van der Waals surface area contributed by atoms with Crippen LogP contribution in [0.3, 0.4) is 0 Å². The molecule has 0 saturated carbocycles. The van der Waals surface area contributed by atoms with Gasteiger partial charge in [0.2, 0.25) is 0 Å². The lowest BCUT2D eigenvalue weighted by Crippen LogP contribution is -2.36. The molecule has 0 amide bonds. The zero-order chi connectivity index (χ0) is 14.4. The molecule has 0 aliphatic carbocycles. The molecule has 0 radical (unpaired) electrons. The lowest BCUT2D eigenvalue weighted by atomic mass is 10.0. The second kappa shape index (κ2) is 7.62. The molecule has 2 atom stereocenters. The largest absolute Gasteiger partial charge is 0.396 e. The van der Waals surface area contributed by atoms with Gasteiger partial charge in [-0.25, -0.2) is 0 Å². The summed E-state index contributed by atoms with van der Waals surface area (Å²) >= 11 is 0. The maximum Gasteiger partial charge on any atom is 0.0642 e. The van der Waals surface area contributed by atoms with E-state index in [0.29, 0.717) is 6.04 Å². The van der Waals surface area contributed by atoms with Crippen LogP contribution in [0.15, 0.2) is 24.3 Å². The van der Waals surface area contributed by atoms with Crippen molar-refractivity contribution >= 4 is 5.69 Å². The number of anilines is 1. The van der Waals surface area contributed by atoms with Gasteiger partial charge in [0.1, 0.15) is 0 Å². The minimum atomic E-state index is 0.226. The van der Waals surface area contributed by atoms with Gasteiger partial charge in [-0.1, -0.05) is 19.1 Å². The van der Waals surface area contributed by atoms with Gasteiger partial charge in [0, 0.05) is 38.0 Å². The zero-order valence-electron chi connectivity index (χ0n) is 12.5. The number of hydrogen-bond donors (Lipinski definition) is 2. The Morgan fingerprint density at radius 2 is 1.85 bits per heavy atom. The molecule has 0 bridgehead atoms. The Morgan fingerprint density at radius 3 is 2.45 bits per heavy atom. The lowest BCUT2D eigenvalue weighted by Gasteiger charge is -2.29. The van der Waals surface area contributed by atoms with Gasteiger partial charge in [0.15, 0.2) is 0 Å². The van der Waals surface area contributed by atoms with Crippen LogP contribution in [-0.2, 0) is 11.3 Å². The molecular formula is C16H26N2O2. The highest BCUT2D eigenvalue weighted by Crippen LogP contribution is 2.16. The summed E-state index contributed by atoms with van der Waals surface area (Å²) in [6.45, 7) is 8.83. The fourth-order valence-electron chi connectivity index (χ4n) is 2.28. The van der Waals surface area contributed by atoms with E-state index in [4.69, 9.17) is 9.84 Å². The van der Waals surface area contributed by atoms with Crippen LogP contribution in [0, 0.1) is 5.92 Å². The van der Waals surface area contributed by atoms with Gasteiger partial charge in [-0.3, -0.25) is 0 Å². The van der Waals surface area contributed by atoms with Gasteiger partial charge >= 0.3 is 0 Å². The number of nitrogens with zero attached hydrogens (tertiary/aromatic N) is 1. The molecule has 112 valence electrons. The minimum absolute atomic E-state index is 0.226. The van der Waals surface area contributed by atoms with Crippen LogP contribution in [0.2, 0.25) is 0 Å². The van der Waals surface area contributed by atoms with E-state index in [1.54, 1.807) is 0 Å². The molecule has 1 heterocycles. The molecule has 2 rings (SSSR count). The van der Waals surface area contributed by atoms with Crippen molar-refractivity contribution in [3.8, 4) is 0 Å². The molecule has 1 aliphatic rings. The van der Waals surface area contributed by atoms with Crippen LogP contribution in [0.25, 0.3) is 0 Å². The summed E-state index contributed by atoms with van der Waals surface area (Å²) in [5.41, 5.74) is 2.55. The third kappa shape index (κ3) is 4.20. The van der Waals surface area contributed by atoms with Crippen LogP contribution < -0.4 is 10.2 Å². The SMILES string of the molecule is CC(CO)C(C)NCc1ccc(N2CCOCC2)cc1. The molecule has 1 aromatic carbocycles. The number of hydrogen-bond acceptors (Lipinski definition) is 4. The Balaban J connectivity index is 1.85. The molecular weight excluding hydrogens is 252 g/mol. The van der Waals surface area contributed by atoms with Crippen molar-refractivity contribution in [2.24, 2.45) is 5.92 Å². The summed E-state index contributed by atoms with van der Waals surface area (Å²) in [6.07, 6.45) is 0. The van der Waals surface area contributed by atoms with E-state index in [-0.39, 0.29) is 12.5 Å². The van der Waals surface area contributed by atoms with E-state index in [9.17, 15) is 0 Å². The molecule has 2 N–H and O–H groups in total. The first-order chi connectivity index (χ1) is 9.70. The van der Waals surface area contributed by atoms with E-state index in [2.05, 4.69) is 48.3 Å². The fourth-order valence-corrected chi connectivity index (χ4v) is 2.28. The summed E-state index contributed by atoms with van der Waals surface area (Å²) in [7, 11) is 0. The van der Waals surface area contributed by atoms with E-state index in [1.165, 1.54) is 11.3 Å². The first-order valence-electron chi connectivity index (χ1n) is 7.46. The minimum Gasteiger partial charge on any atom is -0.396 e. The molecule has 1 aliphatic heterocycles. The van der Waals surface area contributed by atoms with Crippen molar-refractivity contribution in [2.75, 3.05) is 37.8 Å². The number of rotatable bonds is 6. The van der Waals surface area contributed by atoms with Gasteiger partial charge in [0.25, 0.3) is 0 Å². The van der Waals surface area contributed by atoms with Crippen molar-refractivity contribution in [1.29, 1.82) is 0 Å². The molecule has 2 unspecified atom stereocenters. The van der Waals surface area contributed by atoms with Crippen molar-refractivity contribution in [2.45, 2.75) is 26.4 Å². The van der Waals surface area contributed by atoms with Gasteiger partial charge in [-0.2, -0.15) is 0 Å². The molecule has 4 heteroatoms. The predicted molar refractivity (Wildman–Crippen MR) is 82.0 cm³/mol. The summed E-state index contributed by atoms with van der Waals surface area (Å²) in [6, 6.07) is 9.03. The number of nitrogens with one attached hydrogen (secondary N) is 1. The zero-order valence-corrected chi connectivity index (χ0v) is 12.5. The molecule has 20 heavy (non-hydrogen) atoms. The molecule has 1 fully saturated rings. The fraction of sp³-hybridized carbons (Fsp3) is 0.625. The Kier molecular flexibility index (Phi) is 5.83. The van der Waals surface area contributed by atoms with Crippen LogP contribution in [0.4, 0.5) is 5.69 Å². The normalized spacial score (nSPS) is 18.9. The lowest BCUT2D eigenvalue weighted by molar-refractivity contribution is 0.122. The van der Waals surface area contributed by atoms with Gasteiger partial charge in [-0.05, 0) is 30.5 Å². The number of benzene rings is 1. The first kappa shape index (κ1) is 15.3. The average Bonchev–Trinajstić information content (AvgIpc) is 2.53. The molecule has 4 nitrogen and oxygen atoms in total. The predicted octanol–water partition coefficient (Wildman–Crippen LogP) is 1.63. The van der Waals surface area contributed by atoms with Crippen molar-refractivity contribution in [3.05, 3.63) is 29.8 Å². The van der Waals surface area contributed by atoms with E-state index in [0.717, 1.165) is 32.8 Å². The van der Waals surface area contributed by atoms with Crippen LogP contribution in [-0.4, -0.2) is 44.1 Å². The average molecular weight is 278 g/mol. The molecule has 0 spiro atoms. The van der Waals surface area contributed by atoms with Crippen LogP contribution in [0.5, 0.6) is 0 Å². The monoisotopic (exact) mass is 278 g/mol. The standard InChI is InChI=1S/C16H26N2O2/c1-13(12-19)14(2)17-11-15-3-5-16(6-4-15)18-7-9-20-10-8-18/h3-6,13-14,17,19H,7-12H2,1-2H3. The Morgan fingerprint density at radius 1 is 1.20 bits per heavy atom. The molecule has 1 saturated heterocycles. The third-order valence-corrected chi connectivity index (χ3v) is 4.08. The Labute approximate surface area is 121 Å². The smallest absolute Gasteiger partial charge is 0.0642 e. The topological polar surface area (TPSA) is 44.7 Å². The van der Waals surface area contributed by atoms with Crippen LogP contribution >= 0.6 is 0 Å². The number of ether oxygens (including phenoxy) is 1. The Bertz CT molecular complexity index is 388. The van der Waals surface area contributed by atoms with Gasteiger partial charge in [0.05, 0.1) is 13.2 Å². The number of morpholine rings is 1. The van der Waals surface area contributed by atoms with E-state index >= 15 is 0 Å². The maximum absolute atomic E-state index is 9.13. The maximum atomic E-state index is 9.13. The highest BCUT2D eigenvalue weighted by molar-refractivity contribution is 5.47. The van der Waals surface area contributed by atoms with Gasteiger partial charge < -0.3 is 20.1 Å². The Hall–Kier alpha value is -1.10. The first-order valence-corrected chi connectivity index (χ1v) is 7.46. The van der Waals surface area contributed by atoms with E-state index < -0.39 is 0 Å². The quantitative estimate of drug-likeness (QED) is 0.830. The second-order valence-corrected chi connectivity index (χ2v) is 5.60.